The fourth-order valence-electron chi connectivity index (χ4n) is 0.976. The number of aromatic nitrogens is 4. The summed E-state index contributed by atoms with van der Waals surface area (Å²) >= 11 is 3.33. The van der Waals surface area contributed by atoms with Crippen molar-refractivity contribution in [1.82, 2.24) is 20.0 Å². The van der Waals surface area contributed by atoms with Gasteiger partial charge in [0.25, 0.3) is 0 Å². The monoisotopic (exact) mass is 226 g/mol. The van der Waals surface area contributed by atoms with Crippen LogP contribution in [0.5, 0.6) is 0 Å². The summed E-state index contributed by atoms with van der Waals surface area (Å²) in [4.78, 5) is 0. The van der Waals surface area contributed by atoms with E-state index in [0.717, 1.165) is 16.6 Å². The van der Waals surface area contributed by atoms with Gasteiger partial charge in [0.1, 0.15) is 0 Å². The van der Waals surface area contributed by atoms with Gasteiger partial charge in [-0.05, 0) is 15.9 Å². The third-order valence-corrected chi connectivity index (χ3v) is 1.91. The molecule has 5 heteroatoms. The Hall–Kier alpha value is -1.10. The van der Waals surface area contributed by atoms with Crippen LogP contribution in [0.15, 0.2) is 29.3 Å². The summed E-state index contributed by atoms with van der Waals surface area (Å²) in [6.07, 6.45) is 7.33. The molecule has 1 N–H and O–H groups in total. The van der Waals surface area contributed by atoms with Gasteiger partial charge >= 0.3 is 0 Å². The van der Waals surface area contributed by atoms with Gasteiger partial charge < -0.3 is 0 Å². The van der Waals surface area contributed by atoms with Gasteiger partial charge in [-0.1, -0.05) is 0 Å². The second-order valence-electron chi connectivity index (χ2n) is 2.46. The molecule has 0 aliphatic rings. The SMILES string of the molecule is Brc1cnn(Cc2cn[nH]c2)c1. The van der Waals surface area contributed by atoms with E-state index in [9.17, 15) is 0 Å². The average molecular weight is 227 g/mol. The van der Waals surface area contributed by atoms with Crippen LogP contribution in [0, 0.1) is 0 Å². The Morgan fingerprint density at radius 3 is 3.00 bits per heavy atom. The van der Waals surface area contributed by atoms with Crippen LogP contribution in [0.1, 0.15) is 5.56 Å². The molecule has 0 aromatic carbocycles. The second kappa shape index (κ2) is 3.10. The van der Waals surface area contributed by atoms with Crippen LogP contribution >= 0.6 is 15.9 Å². The first-order valence-corrected chi connectivity index (χ1v) is 4.29. The Labute approximate surface area is 77.7 Å². The highest BCUT2D eigenvalue weighted by Crippen LogP contribution is 2.07. The van der Waals surface area contributed by atoms with Gasteiger partial charge in [-0.25, -0.2) is 0 Å². The molecule has 12 heavy (non-hydrogen) atoms. The zero-order valence-electron chi connectivity index (χ0n) is 6.24. The van der Waals surface area contributed by atoms with Crippen molar-refractivity contribution < 1.29 is 0 Å². The van der Waals surface area contributed by atoms with Crippen molar-refractivity contribution in [2.24, 2.45) is 0 Å². The standard InChI is InChI=1S/C7H7BrN4/c8-7-3-11-12(5-7)4-6-1-9-10-2-6/h1-3,5H,4H2,(H,9,10). The molecule has 0 saturated heterocycles. The highest BCUT2D eigenvalue weighted by Gasteiger charge is 1.97. The number of hydrogen-bond acceptors (Lipinski definition) is 2. The number of nitrogens with zero attached hydrogens (tertiary/aromatic N) is 3. The van der Waals surface area contributed by atoms with Crippen molar-refractivity contribution in [2.45, 2.75) is 6.54 Å². The van der Waals surface area contributed by atoms with E-state index in [4.69, 9.17) is 0 Å². The first-order valence-electron chi connectivity index (χ1n) is 3.50. The van der Waals surface area contributed by atoms with Crippen molar-refractivity contribution in [3.8, 4) is 0 Å². The molecule has 0 amide bonds. The highest BCUT2D eigenvalue weighted by molar-refractivity contribution is 9.10. The normalized spacial score (nSPS) is 10.4. The quantitative estimate of drug-likeness (QED) is 0.843. The van der Waals surface area contributed by atoms with Crippen LogP contribution < -0.4 is 0 Å². The lowest BCUT2D eigenvalue weighted by atomic mass is 10.4. The molecule has 0 aliphatic carbocycles. The van der Waals surface area contributed by atoms with E-state index in [1.165, 1.54) is 0 Å². The van der Waals surface area contributed by atoms with Gasteiger partial charge in [-0.15, -0.1) is 0 Å². The second-order valence-corrected chi connectivity index (χ2v) is 3.38. The molecular weight excluding hydrogens is 220 g/mol. The van der Waals surface area contributed by atoms with Gasteiger partial charge in [-0.2, -0.15) is 10.2 Å². The number of rotatable bonds is 2. The molecule has 0 radical (unpaired) electrons. The van der Waals surface area contributed by atoms with Gasteiger partial charge in [0.05, 0.1) is 23.4 Å². The molecule has 0 saturated carbocycles. The van der Waals surface area contributed by atoms with Gasteiger partial charge in [0.15, 0.2) is 0 Å². The number of nitrogens with one attached hydrogen (secondary N) is 1. The van der Waals surface area contributed by atoms with Crippen molar-refractivity contribution >= 4 is 15.9 Å². The fourth-order valence-corrected chi connectivity index (χ4v) is 1.30. The molecule has 0 bridgehead atoms. The molecule has 0 atom stereocenters. The predicted octanol–water partition coefficient (Wildman–Crippen LogP) is 1.42. The van der Waals surface area contributed by atoms with E-state index in [1.807, 2.05) is 17.1 Å². The summed E-state index contributed by atoms with van der Waals surface area (Å²) in [5.74, 6) is 0. The molecule has 4 nitrogen and oxygen atoms in total. The predicted molar refractivity (Wildman–Crippen MR) is 47.6 cm³/mol. The summed E-state index contributed by atoms with van der Waals surface area (Å²) in [6, 6.07) is 0. The smallest absolute Gasteiger partial charge is 0.0690 e. The maximum atomic E-state index is 4.12. The van der Waals surface area contributed by atoms with Gasteiger partial charge in [-0.3, -0.25) is 9.78 Å². The topological polar surface area (TPSA) is 46.5 Å². The zero-order chi connectivity index (χ0) is 8.39. The molecule has 0 spiro atoms. The molecule has 2 aromatic heterocycles. The van der Waals surface area contributed by atoms with Gasteiger partial charge in [0, 0.05) is 18.0 Å². The summed E-state index contributed by atoms with van der Waals surface area (Å²) in [7, 11) is 0. The van der Waals surface area contributed by atoms with Gasteiger partial charge in [0.2, 0.25) is 0 Å². The van der Waals surface area contributed by atoms with E-state index in [-0.39, 0.29) is 0 Å². The Morgan fingerprint density at radius 1 is 1.50 bits per heavy atom. The fraction of sp³-hybridized carbons (Fsp3) is 0.143. The van der Waals surface area contributed by atoms with Crippen LogP contribution in [-0.2, 0) is 6.54 Å². The van der Waals surface area contributed by atoms with Crippen LogP contribution in [-0.4, -0.2) is 20.0 Å². The zero-order valence-corrected chi connectivity index (χ0v) is 7.82. The van der Waals surface area contributed by atoms with E-state index >= 15 is 0 Å². The van der Waals surface area contributed by atoms with E-state index in [2.05, 4.69) is 31.2 Å². The first-order chi connectivity index (χ1) is 5.84. The third-order valence-electron chi connectivity index (χ3n) is 1.50. The molecule has 2 rings (SSSR count). The minimum Gasteiger partial charge on any atom is -0.285 e. The van der Waals surface area contributed by atoms with Crippen molar-refractivity contribution in [2.75, 3.05) is 0 Å². The maximum Gasteiger partial charge on any atom is 0.0690 e. The van der Waals surface area contributed by atoms with Crippen LogP contribution in [0.4, 0.5) is 0 Å². The number of hydrogen-bond donors (Lipinski definition) is 1. The number of halogens is 1. The number of aromatic amines is 1. The Morgan fingerprint density at radius 2 is 2.42 bits per heavy atom. The van der Waals surface area contributed by atoms with E-state index < -0.39 is 0 Å². The lowest BCUT2D eigenvalue weighted by molar-refractivity contribution is 0.687. The van der Waals surface area contributed by atoms with E-state index in [1.54, 1.807) is 12.4 Å². The minimum atomic E-state index is 0.752. The summed E-state index contributed by atoms with van der Waals surface area (Å²) in [5, 5.41) is 10.7. The maximum absolute atomic E-state index is 4.12. The lowest BCUT2D eigenvalue weighted by Crippen LogP contribution is -1.97. The van der Waals surface area contributed by atoms with Crippen LogP contribution in [0.25, 0.3) is 0 Å². The molecule has 0 aliphatic heterocycles. The Balaban J connectivity index is 2.14. The first kappa shape index (κ1) is 7.54. The molecule has 2 aromatic rings. The van der Waals surface area contributed by atoms with Crippen molar-refractivity contribution in [3.05, 3.63) is 34.8 Å². The highest BCUT2D eigenvalue weighted by atomic mass is 79.9. The molecule has 0 fully saturated rings. The summed E-state index contributed by atoms with van der Waals surface area (Å²) in [6.45, 7) is 0.752. The Kier molecular flexibility index (Phi) is 1.95. The van der Waals surface area contributed by atoms with Crippen LogP contribution in [0.2, 0.25) is 0 Å². The average Bonchev–Trinajstić information content (AvgIpc) is 2.63. The van der Waals surface area contributed by atoms with E-state index in [0.29, 0.717) is 0 Å². The number of H-pyrrole nitrogens is 1. The van der Waals surface area contributed by atoms with Crippen molar-refractivity contribution in [3.63, 3.8) is 0 Å². The van der Waals surface area contributed by atoms with Crippen molar-refractivity contribution in [1.29, 1.82) is 0 Å². The third kappa shape index (κ3) is 1.55. The largest absolute Gasteiger partial charge is 0.285 e. The molecule has 0 unspecified atom stereocenters. The summed E-state index contributed by atoms with van der Waals surface area (Å²) in [5.41, 5.74) is 1.12. The Bertz CT molecular complexity index is 351. The molecule has 2 heterocycles. The molecular formula is C7H7BrN4. The van der Waals surface area contributed by atoms with Crippen LogP contribution in [0.3, 0.4) is 0 Å². The molecule has 62 valence electrons. The summed E-state index contributed by atoms with van der Waals surface area (Å²) < 4.78 is 2.83. The lowest BCUT2D eigenvalue weighted by Gasteiger charge is -1.95. The minimum absolute atomic E-state index is 0.752.